The molecule has 0 heterocycles. The first-order chi connectivity index (χ1) is 9.70. The average Bonchev–Trinajstić information content (AvgIpc) is 2.50. The third-order valence-electron chi connectivity index (χ3n) is 3.44. The van der Waals surface area contributed by atoms with Gasteiger partial charge in [0.15, 0.2) is 0 Å². The third kappa shape index (κ3) is 4.09. The third-order valence-corrected chi connectivity index (χ3v) is 4.22. The lowest BCUT2D eigenvalue weighted by Gasteiger charge is -2.12. The van der Waals surface area contributed by atoms with Gasteiger partial charge in [0.1, 0.15) is 5.75 Å². The predicted molar refractivity (Wildman–Crippen MR) is 87.0 cm³/mol. The van der Waals surface area contributed by atoms with Crippen LogP contribution in [0.4, 0.5) is 0 Å². The van der Waals surface area contributed by atoms with E-state index in [0.29, 0.717) is 0 Å². The molecular weight excluding hydrogens is 314 g/mol. The van der Waals surface area contributed by atoms with Gasteiger partial charge < -0.3 is 10.5 Å². The number of hydrogen-bond donors (Lipinski definition) is 1. The van der Waals surface area contributed by atoms with Crippen LogP contribution < -0.4 is 10.5 Å². The Hall–Kier alpha value is -1.32. The van der Waals surface area contributed by atoms with Gasteiger partial charge in [-0.3, -0.25) is 0 Å². The quantitative estimate of drug-likeness (QED) is 0.845. The van der Waals surface area contributed by atoms with Gasteiger partial charge in [-0.1, -0.05) is 46.3 Å². The minimum absolute atomic E-state index is 0.112. The summed E-state index contributed by atoms with van der Waals surface area (Å²) in [6.45, 7) is 0. The van der Waals surface area contributed by atoms with E-state index in [2.05, 4.69) is 34.1 Å². The van der Waals surface area contributed by atoms with E-state index in [0.717, 1.165) is 29.5 Å². The molecule has 0 spiro atoms. The predicted octanol–water partition coefficient (Wildman–Crippen LogP) is 4.48. The number of methoxy groups -OCH3 is 1. The number of ether oxygens (including phenoxy) is 1. The zero-order valence-electron chi connectivity index (χ0n) is 11.7. The molecule has 0 saturated heterocycles. The molecule has 0 radical (unpaired) electrons. The Morgan fingerprint density at radius 1 is 1.15 bits per heavy atom. The van der Waals surface area contributed by atoms with E-state index in [9.17, 15) is 0 Å². The van der Waals surface area contributed by atoms with Crippen LogP contribution in [-0.2, 0) is 6.42 Å². The van der Waals surface area contributed by atoms with Gasteiger partial charge in [0.05, 0.1) is 7.11 Å². The maximum atomic E-state index is 6.22. The van der Waals surface area contributed by atoms with Crippen LogP contribution in [0.3, 0.4) is 0 Å². The number of nitrogens with two attached hydrogens (primary N) is 1. The van der Waals surface area contributed by atoms with Crippen LogP contribution in [0.5, 0.6) is 5.75 Å². The number of hydrogen-bond acceptors (Lipinski definition) is 2. The van der Waals surface area contributed by atoms with Crippen molar-refractivity contribution in [2.24, 2.45) is 5.73 Å². The zero-order valence-corrected chi connectivity index (χ0v) is 13.3. The van der Waals surface area contributed by atoms with E-state index >= 15 is 0 Å². The molecule has 0 aliphatic rings. The fourth-order valence-corrected chi connectivity index (χ4v) is 2.69. The topological polar surface area (TPSA) is 35.2 Å². The molecular formula is C17H20BrNO. The molecule has 1 atom stereocenters. The summed E-state index contributed by atoms with van der Waals surface area (Å²) >= 11 is 3.58. The second-order valence-corrected chi connectivity index (χ2v) is 5.72. The molecule has 2 aromatic carbocycles. The summed E-state index contributed by atoms with van der Waals surface area (Å²) in [5.74, 6) is 0.899. The lowest BCUT2D eigenvalue weighted by Crippen LogP contribution is -2.10. The van der Waals surface area contributed by atoms with Gasteiger partial charge in [0.2, 0.25) is 0 Å². The average molecular weight is 334 g/mol. The minimum Gasteiger partial charge on any atom is -0.497 e. The molecule has 0 bridgehead atoms. The van der Waals surface area contributed by atoms with Crippen molar-refractivity contribution in [2.75, 3.05) is 7.11 Å². The van der Waals surface area contributed by atoms with Gasteiger partial charge >= 0.3 is 0 Å². The van der Waals surface area contributed by atoms with Crippen LogP contribution in [-0.4, -0.2) is 7.11 Å². The Labute approximate surface area is 129 Å². The van der Waals surface area contributed by atoms with Crippen molar-refractivity contribution in [3.63, 3.8) is 0 Å². The number of benzene rings is 2. The second kappa shape index (κ2) is 7.46. The Morgan fingerprint density at radius 3 is 2.60 bits per heavy atom. The van der Waals surface area contributed by atoms with E-state index in [1.807, 2.05) is 30.3 Å². The highest BCUT2D eigenvalue weighted by atomic mass is 79.9. The summed E-state index contributed by atoms with van der Waals surface area (Å²) in [5.41, 5.74) is 8.69. The summed E-state index contributed by atoms with van der Waals surface area (Å²) < 4.78 is 6.39. The van der Waals surface area contributed by atoms with Crippen molar-refractivity contribution in [1.29, 1.82) is 0 Å². The Kier molecular flexibility index (Phi) is 5.62. The molecule has 0 fully saturated rings. The molecule has 2 aromatic rings. The molecule has 3 heteroatoms. The Bertz CT molecular complexity index is 542. The van der Waals surface area contributed by atoms with E-state index in [-0.39, 0.29) is 6.04 Å². The molecule has 0 aliphatic carbocycles. The summed E-state index contributed by atoms with van der Waals surface area (Å²) in [4.78, 5) is 0. The fraction of sp³-hybridized carbons (Fsp3) is 0.294. The molecule has 0 aliphatic heterocycles. The van der Waals surface area contributed by atoms with Crippen molar-refractivity contribution in [2.45, 2.75) is 25.3 Å². The first kappa shape index (κ1) is 15.1. The molecule has 20 heavy (non-hydrogen) atoms. The summed E-state index contributed by atoms with van der Waals surface area (Å²) in [7, 11) is 1.69. The number of aryl methyl sites for hydroxylation is 1. The standard InChI is InChI=1S/C17H20BrNO/c1-20-15-10-11-16(18)14(12-15)8-5-9-17(19)13-6-3-2-4-7-13/h2-4,6-7,10-12,17H,5,8-9,19H2,1H3. The van der Waals surface area contributed by atoms with E-state index in [1.165, 1.54) is 11.1 Å². The van der Waals surface area contributed by atoms with Gasteiger partial charge in [-0.05, 0) is 48.6 Å². The van der Waals surface area contributed by atoms with Gasteiger partial charge in [-0.2, -0.15) is 0 Å². The van der Waals surface area contributed by atoms with Crippen molar-refractivity contribution < 1.29 is 4.74 Å². The highest BCUT2D eigenvalue weighted by molar-refractivity contribution is 9.10. The van der Waals surface area contributed by atoms with Crippen molar-refractivity contribution >= 4 is 15.9 Å². The van der Waals surface area contributed by atoms with Gasteiger partial charge in [-0.15, -0.1) is 0 Å². The van der Waals surface area contributed by atoms with Gasteiger partial charge in [0, 0.05) is 10.5 Å². The van der Waals surface area contributed by atoms with Crippen LogP contribution in [0, 0.1) is 0 Å². The lowest BCUT2D eigenvalue weighted by atomic mass is 10.00. The largest absolute Gasteiger partial charge is 0.497 e. The molecule has 0 saturated carbocycles. The fourth-order valence-electron chi connectivity index (χ4n) is 2.25. The van der Waals surface area contributed by atoms with Crippen molar-refractivity contribution in [3.8, 4) is 5.75 Å². The molecule has 0 amide bonds. The molecule has 1 unspecified atom stereocenters. The Balaban J connectivity index is 1.90. The first-order valence-corrected chi connectivity index (χ1v) is 7.63. The first-order valence-electron chi connectivity index (χ1n) is 6.83. The monoisotopic (exact) mass is 333 g/mol. The van der Waals surface area contributed by atoms with E-state index in [4.69, 9.17) is 10.5 Å². The molecule has 2 N–H and O–H groups in total. The van der Waals surface area contributed by atoms with Crippen molar-refractivity contribution in [3.05, 3.63) is 64.1 Å². The highest BCUT2D eigenvalue weighted by Gasteiger charge is 2.07. The summed E-state index contributed by atoms with van der Waals surface area (Å²) in [6.07, 6.45) is 3.04. The summed E-state index contributed by atoms with van der Waals surface area (Å²) in [6, 6.07) is 16.5. The maximum Gasteiger partial charge on any atom is 0.119 e. The van der Waals surface area contributed by atoms with Crippen LogP contribution in [0.15, 0.2) is 53.0 Å². The van der Waals surface area contributed by atoms with E-state index in [1.54, 1.807) is 7.11 Å². The zero-order chi connectivity index (χ0) is 14.4. The molecule has 0 aromatic heterocycles. The second-order valence-electron chi connectivity index (χ2n) is 4.87. The number of rotatable bonds is 6. The molecule has 2 nitrogen and oxygen atoms in total. The molecule has 2 rings (SSSR count). The highest BCUT2D eigenvalue weighted by Crippen LogP contribution is 2.25. The minimum atomic E-state index is 0.112. The summed E-state index contributed by atoms with van der Waals surface area (Å²) in [5, 5.41) is 0. The van der Waals surface area contributed by atoms with Crippen molar-refractivity contribution in [1.82, 2.24) is 0 Å². The Morgan fingerprint density at radius 2 is 1.90 bits per heavy atom. The van der Waals surface area contributed by atoms with Crippen LogP contribution >= 0.6 is 15.9 Å². The van der Waals surface area contributed by atoms with Gasteiger partial charge in [0.25, 0.3) is 0 Å². The van der Waals surface area contributed by atoms with Crippen LogP contribution in [0.1, 0.15) is 30.0 Å². The smallest absolute Gasteiger partial charge is 0.119 e. The van der Waals surface area contributed by atoms with Crippen LogP contribution in [0.2, 0.25) is 0 Å². The SMILES string of the molecule is COc1ccc(Br)c(CCCC(N)c2ccccc2)c1. The number of halogens is 1. The normalized spacial score (nSPS) is 12.2. The lowest BCUT2D eigenvalue weighted by molar-refractivity contribution is 0.414. The van der Waals surface area contributed by atoms with Gasteiger partial charge in [-0.25, -0.2) is 0 Å². The van der Waals surface area contributed by atoms with E-state index < -0.39 is 0 Å². The van der Waals surface area contributed by atoms with Crippen LogP contribution in [0.25, 0.3) is 0 Å². The molecule has 106 valence electrons. The maximum absolute atomic E-state index is 6.22.